The molecule has 5 nitrogen and oxygen atoms in total. The minimum absolute atomic E-state index is 0.128. The first-order valence-corrected chi connectivity index (χ1v) is 7.57. The van der Waals surface area contributed by atoms with E-state index in [9.17, 15) is 13.2 Å². The molecule has 1 fully saturated rings. The van der Waals surface area contributed by atoms with Crippen molar-refractivity contribution >= 4 is 31.9 Å². The number of carbonyl (C=O) groups excluding carboxylic acids is 1. The van der Waals surface area contributed by atoms with Gasteiger partial charge in [-0.3, -0.25) is 4.79 Å². The summed E-state index contributed by atoms with van der Waals surface area (Å²) >= 11 is 3.42. The number of hydrogen-bond donors (Lipinski definition) is 1. The number of ether oxygens (including phenoxy) is 1. The Morgan fingerprint density at radius 2 is 2.12 bits per heavy atom. The van der Waals surface area contributed by atoms with E-state index < -0.39 is 21.2 Å². The van der Waals surface area contributed by atoms with Gasteiger partial charge in [-0.1, -0.05) is 22.4 Å². The molecule has 94 valence electrons. The molecular weight excluding hydrogens is 298 g/mol. The number of rotatable bonds is 4. The van der Waals surface area contributed by atoms with Gasteiger partial charge in [0, 0.05) is 10.9 Å². The van der Waals surface area contributed by atoms with Gasteiger partial charge in [0.1, 0.15) is 0 Å². The van der Waals surface area contributed by atoms with Gasteiger partial charge in [-0.2, -0.15) is 0 Å². The van der Waals surface area contributed by atoms with E-state index in [2.05, 4.69) is 25.4 Å². The number of hydrogen-bond acceptors (Lipinski definition) is 4. The summed E-state index contributed by atoms with van der Waals surface area (Å²) in [5.41, 5.74) is 0. The van der Waals surface area contributed by atoms with Gasteiger partial charge in [-0.05, 0) is 19.8 Å². The van der Waals surface area contributed by atoms with Crippen molar-refractivity contribution in [3.8, 4) is 0 Å². The summed E-state index contributed by atoms with van der Waals surface area (Å²) in [5.74, 6) is -0.739. The van der Waals surface area contributed by atoms with Crippen molar-refractivity contribution in [1.29, 1.82) is 0 Å². The maximum atomic E-state index is 11.8. The Hall–Kier alpha value is -0.140. The van der Waals surface area contributed by atoms with Crippen LogP contribution >= 0.6 is 15.9 Å². The van der Waals surface area contributed by atoms with E-state index in [-0.39, 0.29) is 10.9 Å². The van der Waals surface area contributed by atoms with Crippen LogP contribution in [-0.2, 0) is 19.6 Å². The van der Waals surface area contributed by atoms with Crippen LogP contribution in [-0.4, -0.2) is 37.6 Å². The standard InChI is InChI=1S/C9H16BrNO4S/c1-6(9(12)15-2)16(13,14)11-8-5-3-4-7(8)10/h6-8,11H,3-5H2,1-2H3. The van der Waals surface area contributed by atoms with Gasteiger partial charge in [0.25, 0.3) is 0 Å². The van der Waals surface area contributed by atoms with E-state index in [1.165, 1.54) is 14.0 Å². The topological polar surface area (TPSA) is 72.5 Å². The Kier molecular flexibility index (Phi) is 4.75. The molecule has 0 aromatic rings. The Balaban J connectivity index is 2.67. The number of esters is 1. The maximum absolute atomic E-state index is 11.8. The molecule has 0 heterocycles. The minimum Gasteiger partial charge on any atom is -0.468 e. The summed E-state index contributed by atoms with van der Waals surface area (Å²) in [6.07, 6.45) is 2.72. The zero-order valence-electron chi connectivity index (χ0n) is 9.27. The van der Waals surface area contributed by atoms with Gasteiger partial charge in [-0.25, -0.2) is 13.1 Å². The quantitative estimate of drug-likeness (QED) is 0.615. The molecule has 1 aliphatic carbocycles. The molecule has 3 atom stereocenters. The molecule has 7 heteroatoms. The number of halogens is 1. The first-order valence-electron chi connectivity index (χ1n) is 5.11. The monoisotopic (exact) mass is 313 g/mol. The SMILES string of the molecule is COC(=O)C(C)S(=O)(=O)NC1CCCC1Br. The highest BCUT2D eigenvalue weighted by Gasteiger charge is 2.34. The lowest BCUT2D eigenvalue weighted by Crippen LogP contribution is -2.45. The summed E-state index contributed by atoms with van der Waals surface area (Å²) in [6, 6.07) is -0.128. The summed E-state index contributed by atoms with van der Waals surface area (Å²) in [5, 5.41) is -1.17. The van der Waals surface area contributed by atoms with Gasteiger partial charge in [0.05, 0.1) is 7.11 Å². The van der Waals surface area contributed by atoms with E-state index in [1.807, 2.05) is 0 Å². The molecule has 1 aliphatic rings. The molecule has 1 N–H and O–H groups in total. The fourth-order valence-corrected chi connectivity index (χ4v) is 3.81. The van der Waals surface area contributed by atoms with E-state index in [1.54, 1.807) is 0 Å². The average Bonchev–Trinajstić information content (AvgIpc) is 2.61. The molecule has 0 aromatic carbocycles. The van der Waals surface area contributed by atoms with Crippen LogP contribution in [0.25, 0.3) is 0 Å². The highest BCUT2D eigenvalue weighted by molar-refractivity contribution is 9.09. The third-order valence-electron chi connectivity index (χ3n) is 2.75. The second kappa shape index (κ2) is 5.46. The largest absolute Gasteiger partial charge is 0.468 e. The maximum Gasteiger partial charge on any atom is 0.325 e. The van der Waals surface area contributed by atoms with E-state index >= 15 is 0 Å². The Bertz CT molecular complexity index is 357. The highest BCUT2D eigenvalue weighted by atomic mass is 79.9. The molecule has 16 heavy (non-hydrogen) atoms. The van der Waals surface area contributed by atoms with Crippen LogP contribution in [0.15, 0.2) is 0 Å². The molecule has 0 spiro atoms. The van der Waals surface area contributed by atoms with Gasteiger partial charge in [0.15, 0.2) is 5.25 Å². The molecule has 0 amide bonds. The lowest BCUT2D eigenvalue weighted by Gasteiger charge is -2.18. The normalized spacial score (nSPS) is 27.7. The van der Waals surface area contributed by atoms with Crippen LogP contribution in [0.2, 0.25) is 0 Å². The van der Waals surface area contributed by atoms with Gasteiger partial charge in [0.2, 0.25) is 10.0 Å². The molecule has 0 aliphatic heterocycles. The third kappa shape index (κ3) is 3.18. The van der Waals surface area contributed by atoms with Crippen molar-refractivity contribution in [2.24, 2.45) is 0 Å². The first-order chi connectivity index (χ1) is 7.38. The van der Waals surface area contributed by atoms with Crippen LogP contribution in [0, 0.1) is 0 Å². The van der Waals surface area contributed by atoms with E-state index in [0.29, 0.717) is 0 Å². The second-order valence-corrected chi connectivity index (χ2v) is 7.09. The summed E-state index contributed by atoms with van der Waals surface area (Å²) in [6.45, 7) is 1.33. The lowest BCUT2D eigenvalue weighted by molar-refractivity contribution is -0.139. The smallest absolute Gasteiger partial charge is 0.325 e. The van der Waals surface area contributed by atoms with Crippen molar-refractivity contribution in [3.05, 3.63) is 0 Å². The predicted molar refractivity (Wildman–Crippen MR) is 63.9 cm³/mol. The zero-order valence-corrected chi connectivity index (χ0v) is 11.7. The highest BCUT2D eigenvalue weighted by Crippen LogP contribution is 2.26. The van der Waals surface area contributed by atoms with Crippen LogP contribution < -0.4 is 4.72 Å². The number of alkyl halides is 1. The number of methoxy groups -OCH3 is 1. The second-order valence-electron chi connectivity index (χ2n) is 3.88. The number of sulfonamides is 1. The van der Waals surface area contributed by atoms with Crippen molar-refractivity contribution in [3.63, 3.8) is 0 Å². The fraction of sp³-hybridized carbons (Fsp3) is 0.889. The molecule has 1 rings (SSSR count). The molecule has 0 saturated heterocycles. The van der Waals surface area contributed by atoms with Crippen molar-refractivity contribution < 1.29 is 17.9 Å². The first kappa shape index (κ1) is 13.9. The minimum atomic E-state index is -3.64. The Morgan fingerprint density at radius 1 is 1.50 bits per heavy atom. The van der Waals surface area contributed by atoms with Gasteiger partial charge >= 0.3 is 5.97 Å². The van der Waals surface area contributed by atoms with Crippen LogP contribution in [0.4, 0.5) is 0 Å². The number of nitrogens with one attached hydrogen (secondary N) is 1. The lowest BCUT2D eigenvalue weighted by atomic mass is 10.3. The van der Waals surface area contributed by atoms with E-state index in [4.69, 9.17) is 0 Å². The molecule has 1 saturated carbocycles. The summed E-state index contributed by atoms with van der Waals surface area (Å²) in [7, 11) is -2.46. The van der Waals surface area contributed by atoms with E-state index in [0.717, 1.165) is 19.3 Å². The molecular formula is C9H16BrNO4S. The van der Waals surface area contributed by atoms with Gasteiger partial charge in [-0.15, -0.1) is 0 Å². The molecule has 0 radical (unpaired) electrons. The van der Waals surface area contributed by atoms with Crippen molar-refractivity contribution in [1.82, 2.24) is 4.72 Å². The van der Waals surface area contributed by atoms with Crippen LogP contribution in [0.5, 0.6) is 0 Å². The fourth-order valence-electron chi connectivity index (χ4n) is 1.65. The Morgan fingerprint density at radius 3 is 2.56 bits per heavy atom. The summed E-state index contributed by atoms with van der Waals surface area (Å²) < 4.78 is 30.6. The van der Waals surface area contributed by atoms with Crippen molar-refractivity contribution in [2.75, 3.05) is 7.11 Å². The predicted octanol–water partition coefficient (Wildman–Crippen LogP) is 0.783. The van der Waals surface area contributed by atoms with Crippen molar-refractivity contribution in [2.45, 2.75) is 42.3 Å². The van der Waals surface area contributed by atoms with Gasteiger partial charge < -0.3 is 4.74 Å². The molecule has 0 bridgehead atoms. The average molecular weight is 314 g/mol. The number of carbonyl (C=O) groups is 1. The van der Waals surface area contributed by atoms with Crippen LogP contribution in [0.1, 0.15) is 26.2 Å². The van der Waals surface area contributed by atoms with Crippen LogP contribution in [0.3, 0.4) is 0 Å². The molecule has 3 unspecified atom stereocenters. The molecule has 0 aromatic heterocycles. The zero-order chi connectivity index (χ0) is 12.3. The third-order valence-corrected chi connectivity index (χ3v) is 5.60. The summed E-state index contributed by atoms with van der Waals surface area (Å²) in [4.78, 5) is 11.3. The Labute approximate surface area is 104 Å².